The maximum absolute atomic E-state index is 12.6. The lowest BCUT2D eigenvalue weighted by atomic mass is 9.84. The summed E-state index contributed by atoms with van der Waals surface area (Å²) < 4.78 is 10.7. The maximum atomic E-state index is 12.6. The molecule has 0 aliphatic carbocycles. The molecule has 30 heavy (non-hydrogen) atoms. The first-order valence-electron chi connectivity index (χ1n) is 10.1. The summed E-state index contributed by atoms with van der Waals surface area (Å²) in [5.41, 5.74) is 1.55. The fourth-order valence-electron chi connectivity index (χ4n) is 3.86. The molecule has 0 saturated carbocycles. The predicted octanol–water partition coefficient (Wildman–Crippen LogP) is 3.32. The second-order valence-electron chi connectivity index (χ2n) is 7.81. The minimum absolute atomic E-state index is 0.0301. The summed E-state index contributed by atoms with van der Waals surface area (Å²) in [6.45, 7) is 3.88. The number of benzene rings is 1. The molecule has 1 saturated heterocycles. The van der Waals surface area contributed by atoms with Crippen molar-refractivity contribution in [3.05, 3.63) is 39.8 Å². The van der Waals surface area contributed by atoms with E-state index in [9.17, 15) is 9.59 Å². The number of hydrogen-bond donors (Lipinski definition) is 2. The number of nitrogens with one attached hydrogen (secondary N) is 2. The Kier molecular flexibility index (Phi) is 6.97. The molecule has 1 aromatic heterocycles. The minimum atomic E-state index is -0.435. The molecule has 0 unspecified atom stereocenters. The first-order chi connectivity index (χ1) is 14.3. The van der Waals surface area contributed by atoms with Crippen molar-refractivity contribution in [1.29, 1.82) is 0 Å². The number of aryl methyl sites for hydroxylation is 1. The van der Waals surface area contributed by atoms with Crippen molar-refractivity contribution in [2.45, 2.75) is 57.5 Å². The molecule has 1 aliphatic rings. The van der Waals surface area contributed by atoms with Crippen LogP contribution in [0.3, 0.4) is 0 Å². The van der Waals surface area contributed by atoms with Crippen molar-refractivity contribution < 1.29 is 19.1 Å². The molecule has 2 atom stereocenters. The number of amides is 2. The van der Waals surface area contributed by atoms with Gasteiger partial charge >= 0.3 is 0 Å². The summed E-state index contributed by atoms with van der Waals surface area (Å²) in [6, 6.07) is 5.64. The first kappa shape index (κ1) is 22.1. The van der Waals surface area contributed by atoms with Crippen LogP contribution in [0.1, 0.15) is 54.9 Å². The molecule has 1 aromatic carbocycles. The Hall–Kier alpha value is -2.61. The monoisotopic (exact) mass is 431 g/mol. The Morgan fingerprint density at radius 2 is 2.10 bits per heavy atom. The highest BCUT2D eigenvalue weighted by Gasteiger charge is 2.38. The van der Waals surface area contributed by atoms with E-state index in [-0.39, 0.29) is 17.9 Å². The van der Waals surface area contributed by atoms with E-state index in [1.807, 2.05) is 37.4 Å². The molecule has 2 amide bonds. The van der Waals surface area contributed by atoms with Crippen LogP contribution in [0.15, 0.2) is 23.6 Å². The quantitative estimate of drug-likeness (QED) is 0.636. The second kappa shape index (κ2) is 9.47. The number of carbonyl (C=O) groups is 2. The highest BCUT2D eigenvalue weighted by molar-refractivity contribution is 7.09. The van der Waals surface area contributed by atoms with Crippen LogP contribution < -0.4 is 20.1 Å². The molecule has 0 spiro atoms. The lowest BCUT2D eigenvalue weighted by molar-refractivity contribution is -0.123. The average molecular weight is 432 g/mol. The van der Waals surface area contributed by atoms with Crippen molar-refractivity contribution in [3.8, 4) is 11.5 Å². The number of thiazole rings is 1. The summed E-state index contributed by atoms with van der Waals surface area (Å²) in [6.07, 6.45) is 2.72. The van der Waals surface area contributed by atoms with Crippen LogP contribution in [0, 0.1) is 6.92 Å². The van der Waals surface area contributed by atoms with Crippen LogP contribution in [0.5, 0.6) is 11.5 Å². The Morgan fingerprint density at radius 3 is 2.70 bits per heavy atom. The van der Waals surface area contributed by atoms with Crippen LogP contribution >= 0.6 is 11.3 Å². The summed E-state index contributed by atoms with van der Waals surface area (Å²) in [5, 5.41) is 9.02. The Labute approximate surface area is 181 Å². The summed E-state index contributed by atoms with van der Waals surface area (Å²) >= 11 is 1.55. The van der Waals surface area contributed by atoms with Gasteiger partial charge in [-0.1, -0.05) is 6.07 Å². The molecular weight excluding hydrogens is 402 g/mol. The van der Waals surface area contributed by atoms with E-state index in [0.717, 1.165) is 16.3 Å². The molecule has 0 radical (unpaired) electrons. The molecule has 7 nitrogen and oxygen atoms in total. The van der Waals surface area contributed by atoms with Gasteiger partial charge in [-0.15, -0.1) is 11.3 Å². The zero-order valence-electron chi connectivity index (χ0n) is 17.9. The van der Waals surface area contributed by atoms with Crippen molar-refractivity contribution >= 4 is 23.2 Å². The fourth-order valence-corrected chi connectivity index (χ4v) is 4.67. The Morgan fingerprint density at radius 1 is 1.33 bits per heavy atom. The molecule has 1 aliphatic heterocycles. The number of hydrogen-bond acceptors (Lipinski definition) is 6. The second-order valence-corrected chi connectivity index (χ2v) is 8.70. The number of aromatic nitrogens is 1. The number of methoxy groups -OCH3 is 2. The van der Waals surface area contributed by atoms with Gasteiger partial charge < -0.3 is 20.1 Å². The molecule has 2 heterocycles. The van der Waals surface area contributed by atoms with Gasteiger partial charge in [-0.05, 0) is 50.8 Å². The first-order valence-corrected chi connectivity index (χ1v) is 11.0. The van der Waals surface area contributed by atoms with Crippen LogP contribution in [0.25, 0.3) is 0 Å². The molecule has 8 heteroatoms. The van der Waals surface area contributed by atoms with Crippen molar-refractivity contribution in [1.82, 2.24) is 15.6 Å². The van der Waals surface area contributed by atoms with Crippen molar-refractivity contribution in [2.75, 3.05) is 14.2 Å². The third-order valence-electron chi connectivity index (χ3n) is 5.44. The molecule has 0 bridgehead atoms. The van der Waals surface area contributed by atoms with Crippen LogP contribution in [-0.4, -0.2) is 36.6 Å². The summed E-state index contributed by atoms with van der Waals surface area (Å²) in [5.74, 6) is 1.31. The van der Waals surface area contributed by atoms with Gasteiger partial charge in [0.2, 0.25) is 11.8 Å². The van der Waals surface area contributed by atoms with Gasteiger partial charge in [0.15, 0.2) is 11.5 Å². The summed E-state index contributed by atoms with van der Waals surface area (Å²) in [4.78, 5) is 29.0. The van der Waals surface area contributed by atoms with E-state index in [1.165, 1.54) is 0 Å². The standard InChI is InChI=1S/C22H29N3O4S/c1-14-13-30-21(23-14)15(2)24-19(26)7-9-22(10-8-20(27)25-22)12-16-5-6-17(28-3)18(11-16)29-4/h5-6,11,13,15H,7-10,12H2,1-4H3,(H,24,26)(H,25,27)/t15-,22-/m0/s1. The van der Waals surface area contributed by atoms with Crippen molar-refractivity contribution in [3.63, 3.8) is 0 Å². The highest BCUT2D eigenvalue weighted by Crippen LogP contribution is 2.33. The minimum Gasteiger partial charge on any atom is -0.493 e. The largest absolute Gasteiger partial charge is 0.493 e. The smallest absolute Gasteiger partial charge is 0.220 e. The zero-order valence-corrected chi connectivity index (χ0v) is 18.7. The molecular formula is C22H29N3O4S. The third kappa shape index (κ3) is 5.30. The number of carbonyl (C=O) groups excluding carboxylic acids is 2. The van der Waals surface area contributed by atoms with Gasteiger partial charge in [-0.25, -0.2) is 4.98 Å². The fraction of sp³-hybridized carbons (Fsp3) is 0.500. The van der Waals surface area contributed by atoms with Gasteiger partial charge in [0, 0.05) is 29.5 Å². The maximum Gasteiger partial charge on any atom is 0.220 e. The van der Waals surface area contributed by atoms with Gasteiger partial charge in [-0.3, -0.25) is 9.59 Å². The highest BCUT2D eigenvalue weighted by atomic mass is 32.1. The van der Waals surface area contributed by atoms with Gasteiger partial charge in [0.25, 0.3) is 0 Å². The SMILES string of the molecule is COc1ccc(C[C@]2(CCC(=O)N[C@@H](C)c3nc(C)cs3)CCC(=O)N2)cc1OC. The van der Waals surface area contributed by atoms with E-state index >= 15 is 0 Å². The van der Waals surface area contributed by atoms with E-state index in [2.05, 4.69) is 15.6 Å². The van der Waals surface area contributed by atoms with E-state index in [1.54, 1.807) is 25.6 Å². The predicted molar refractivity (Wildman–Crippen MR) is 116 cm³/mol. The molecule has 162 valence electrons. The Balaban J connectivity index is 1.65. The number of rotatable bonds is 9. The van der Waals surface area contributed by atoms with Crippen LogP contribution in [-0.2, 0) is 16.0 Å². The van der Waals surface area contributed by atoms with Gasteiger partial charge in [0.1, 0.15) is 5.01 Å². The van der Waals surface area contributed by atoms with Gasteiger partial charge in [0.05, 0.1) is 20.3 Å². The third-order valence-corrected chi connectivity index (χ3v) is 6.59. The molecule has 2 N–H and O–H groups in total. The molecule has 2 aromatic rings. The van der Waals surface area contributed by atoms with Crippen LogP contribution in [0.4, 0.5) is 0 Å². The lowest BCUT2D eigenvalue weighted by Gasteiger charge is -2.30. The topological polar surface area (TPSA) is 89.5 Å². The number of ether oxygens (including phenoxy) is 2. The van der Waals surface area contributed by atoms with Gasteiger partial charge in [-0.2, -0.15) is 0 Å². The molecule has 3 rings (SSSR count). The van der Waals surface area contributed by atoms with E-state index < -0.39 is 5.54 Å². The Bertz CT molecular complexity index is 914. The normalized spacial score (nSPS) is 19.3. The van der Waals surface area contributed by atoms with Crippen molar-refractivity contribution in [2.24, 2.45) is 0 Å². The average Bonchev–Trinajstić information content (AvgIpc) is 3.32. The van der Waals surface area contributed by atoms with E-state index in [4.69, 9.17) is 9.47 Å². The number of nitrogens with zero attached hydrogens (tertiary/aromatic N) is 1. The summed E-state index contributed by atoms with van der Waals surface area (Å²) in [7, 11) is 3.20. The lowest BCUT2D eigenvalue weighted by Crippen LogP contribution is -2.44. The van der Waals surface area contributed by atoms with E-state index in [0.29, 0.717) is 43.6 Å². The van der Waals surface area contributed by atoms with Crippen LogP contribution in [0.2, 0.25) is 0 Å². The zero-order chi connectivity index (χ0) is 21.7. The molecule has 1 fully saturated rings.